The summed E-state index contributed by atoms with van der Waals surface area (Å²) < 4.78 is 14.4. The maximum Gasteiger partial charge on any atom is 0.312 e. The molecule has 0 saturated carbocycles. The topological polar surface area (TPSA) is 95.7 Å². The van der Waals surface area contributed by atoms with Gasteiger partial charge >= 0.3 is 6.03 Å². The minimum Gasteiger partial charge on any atom is -0.366 e. The third-order valence-electron chi connectivity index (χ3n) is 5.59. The number of urea groups is 1. The van der Waals surface area contributed by atoms with Gasteiger partial charge in [0.1, 0.15) is 5.82 Å². The monoisotopic (exact) mass is 426 g/mol. The lowest BCUT2D eigenvalue weighted by atomic mass is 9.98. The van der Waals surface area contributed by atoms with E-state index in [1.165, 1.54) is 13.0 Å². The number of halogens is 1. The number of primary amides is 1. The highest BCUT2D eigenvalue weighted by molar-refractivity contribution is 5.94. The van der Waals surface area contributed by atoms with Crippen LogP contribution in [0.15, 0.2) is 42.5 Å². The molecule has 0 bridgehead atoms. The number of amides is 3. The van der Waals surface area contributed by atoms with E-state index in [-0.39, 0.29) is 18.1 Å². The average molecular weight is 426 g/mol. The molecule has 1 aliphatic rings. The van der Waals surface area contributed by atoms with Crippen LogP contribution in [0.1, 0.15) is 40.9 Å². The van der Waals surface area contributed by atoms with E-state index in [9.17, 15) is 18.8 Å². The van der Waals surface area contributed by atoms with E-state index in [1.807, 2.05) is 36.1 Å². The lowest BCUT2D eigenvalue weighted by Gasteiger charge is -2.37. The Hall–Kier alpha value is -3.42. The first-order valence-corrected chi connectivity index (χ1v) is 10.2. The minimum atomic E-state index is -0.685. The van der Waals surface area contributed by atoms with Crippen molar-refractivity contribution in [3.8, 4) is 0 Å². The Kier molecular flexibility index (Phi) is 6.89. The smallest absolute Gasteiger partial charge is 0.312 e. The van der Waals surface area contributed by atoms with Crippen molar-refractivity contribution in [3.63, 3.8) is 0 Å². The second-order valence-corrected chi connectivity index (χ2v) is 7.71. The number of rotatable bonds is 6. The molecule has 1 fully saturated rings. The number of ketones is 1. The highest BCUT2D eigenvalue weighted by atomic mass is 19.1. The largest absolute Gasteiger partial charge is 0.366 e. The van der Waals surface area contributed by atoms with Gasteiger partial charge in [-0.3, -0.25) is 9.59 Å². The number of benzene rings is 2. The van der Waals surface area contributed by atoms with Gasteiger partial charge < -0.3 is 20.9 Å². The van der Waals surface area contributed by atoms with Crippen LogP contribution in [0.3, 0.4) is 0 Å². The van der Waals surface area contributed by atoms with Crippen LogP contribution in [0.25, 0.3) is 0 Å². The number of piperazine rings is 1. The van der Waals surface area contributed by atoms with Gasteiger partial charge in [0.15, 0.2) is 5.78 Å². The van der Waals surface area contributed by atoms with Gasteiger partial charge in [-0.25, -0.2) is 9.18 Å². The van der Waals surface area contributed by atoms with Gasteiger partial charge in [0, 0.05) is 31.7 Å². The van der Waals surface area contributed by atoms with Crippen molar-refractivity contribution in [3.05, 3.63) is 65.0 Å². The predicted octanol–water partition coefficient (Wildman–Crippen LogP) is 2.79. The predicted molar refractivity (Wildman–Crippen MR) is 116 cm³/mol. The summed E-state index contributed by atoms with van der Waals surface area (Å²) >= 11 is 0. The lowest BCUT2D eigenvalue weighted by molar-refractivity contribution is -0.132. The molecule has 1 aliphatic heterocycles. The van der Waals surface area contributed by atoms with E-state index in [0.717, 1.165) is 11.1 Å². The molecule has 1 heterocycles. The van der Waals surface area contributed by atoms with E-state index in [2.05, 4.69) is 5.32 Å². The average Bonchev–Trinajstić information content (AvgIpc) is 2.73. The van der Waals surface area contributed by atoms with Crippen molar-refractivity contribution in [2.24, 2.45) is 5.73 Å². The Labute approximate surface area is 181 Å². The standard InChI is InChI=1S/C23H27FN4O3/c1-15-5-3-4-6-18(15)20(26-23(25)31)14-22(30)28-11-9-27(10-12-28)21-8-7-17(16(2)29)13-19(21)24/h3-8,13,20H,9-12,14H2,1-2H3,(H3,25,26,31). The van der Waals surface area contributed by atoms with Gasteiger partial charge in [-0.05, 0) is 43.2 Å². The van der Waals surface area contributed by atoms with Crippen molar-refractivity contribution in [2.45, 2.75) is 26.3 Å². The van der Waals surface area contributed by atoms with E-state index >= 15 is 0 Å². The van der Waals surface area contributed by atoms with Crippen LogP contribution in [0.4, 0.5) is 14.9 Å². The third-order valence-corrected chi connectivity index (χ3v) is 5.59. The highest BCUT2D eigenvalue weighted by Gasteiger charge is 2.26. The maximum atomic E-state index is 14.4. The maximum absolute atomic E-state index is 14.4. The molecular formula is C23H27FN4O3. The molecule has 2 aromatic rings. The molecule has 3 N–H and O–H groups in total. The number of nitrogens with zero attached hydrogens (tertiary/aromatic N) is 2. The quantitative estimate of drug-likeness (QED) is 0.695. The number of carbonyl (C=O) groups is 3. The number of nitrogens with one attached hydrogen (secondary N) is 1. The lowest BCUT2D eigenvalue weighted by Crippen LogP contribution is -2.50. The molecule has 1 saturated heterocycles. The molecule has 2 aromatic carbocycles. The summed E-state index contributed by atoms with van der Waals surface area (Å²) in [6.45, 7) is 5.13. The minimum absolute atomic E-state index is 0.0927. The van der Waals surface area contributed by atoms with Gasteiger partial charge in [-0.15, -0.1) is 0 Å². The molecule has 0 radical (unpaired) electrons. The van der Waals surface area contributed by atoms with E-state index in [0.29, 0.717) is 37.4 Å². The number of Topliss-reactive ketones (excluding diaryl/α,β-unsaturated/α-hetero) is 1. The molecule has 3 amide bonds. The highest BCUT2D eigenvalue weighted by Crippen LogP contribution is 2.24. The third kappa shape index (κ3) is 5.39. The number of carbonyl (C=O) groups excluding carboxylic acids is 3. The summed E-state index contributed by atoms with van der Waals surface area (Å²) in [5.41, 5.74) is 7.89. The fraction of sp³-hybridized carbons (Fsp3) is 0.348. The summed E-state index contributed by atoms with van der Waals surface area (Å²) in [7, 11) is 0. The Morgan fingerprint density at radius 2 is 1.77 bits per heavy atom. The van der Waals surface area contributed by atoms with Crippen LogP contribution in [0.2, 0.25) is 0 Å². The molecular weight excluding hydrogens is 399 g/mol. The zero-order valence-corrected chi connectivity index (χ0v) is 17.7. The first-order chi connectivity index (χ1) is 14.8. The Morgan fingerprint density at radius 3 is 2.35 bits per heavy atom. The first kappa shape index (κ1) is 22.3. The van der Waals surface area contributed by atoms with E-state index < -0.39 is 17.9 Å². The van der Waals surface area contributed by atoms with Crippen LogP contribution in [-0.2, 0) is 4.79 Å². The van der Waals surface area contributed by atoms with Crippen molar-refractivity contribution in [1.29, 1.82) is 0 Å². The van der Waals surface area contributed by atoms with E-state index in [4.69, 9.17) is 5.73 Å². The summed E-state index contributed by atoms with van der Waals surface area (Å²) in [5, 5.41) is 2.67. The van der Waals surface area contributed by atoms with Gasteiger partial charge in [-0.1, -0.05) is 24.3 Å². The van der Waals surface area contributed by atoms with Crippen molar-refractivity contribution >= 4 is 23.4 Å². The Bertz CT molecular complexity index is 987. The number of nitrogens with two attached hydrogens (primary N) is 1. The number of hydrogen-bond acceptors (Lipinski definition) is 4. The molecule has 0 aliphatic carbocycles. The number of aryl methyl sites for hydroxylation is 1. The van der Waals surface area contributed by atoms with Gasteiger partial charge in [0.05, 0.1) is 18.2 Å². The molecule has 1 atom stereocenters. The Balaban J connectivity index is 1.64. The van der Waals surface area contributed by atoms with Crippen LogP contribution < -0.4 is 16.0 Å². The number of anilines is 1. The molecule has 164 valence electrons. The van der Waals surface area contributed by atoms with Crippen LogP contribution in [-0.4, -0.2) is 48.8 Å². The fourth-order valence-corrected chi connectivity index (χ4v) is 3.87. The number of hydrogen-bond donors (Lipinski definition) is 2. The molecule has 1 unspecified atom stereocenters. The molecule has 8 heteroatoms. The van der Waals surface area contributed by atoms with Gasteiger partial charge in [0.25, 0.3) is 0 Å². The summed E-state index contributed by atoms with van der Waals surface area (Å²) in [6, 6.07) is 10.8. The van der Waals surface area contributed by atoms with Crippen molar-refractivity contribution < 1.29 is 18.8 Å². The van der Waals surface area contributed by atoms with Gasteiger partial charge in [0.2, 0.25) is 5.91 Å². The second-order valence-electron chi connectivity index (χ2n) is 7.71. The van der Waals surface area contributed by atoms with E-state index in [1.54, 1.807) is 17.0 Å². The molecule has 0 spiro atoms. The van der Waals surface area contributed by atoms with Crippen LogP contribution in [0.5, 0.6) is 0 Å². The van der Waals surface area contributed by atoms with Gasteiger partial charge in [-0.2, -0.15) is 0 Å². The van der Waals surface area contributed by atoms with Crippen molar-refractivity contribution in [1.82, 2.24) is 10.2 Å². The molecule has 7 nitrogen and oxygen atoms in total. The summed E-state index contributed by atoms with van der Waals surface area (Å²) in [5.74, 6) is -0.736. The fourth-order valence-electron chi connectivity index (χ4n) is 3.87. The second kappa shape index (κ2) is 9.59. The zero-order chi connectivity index (χ0) is 22.5. The molecule has 3 rings (SSSR count). The van der Waals surface area contributed by atoms with Crippen LogP contribution in [0, 0.1) is 12.7 Å². The SMILES string of the molecule is CC(=O)c1ccc(N2CCN(C(=O)CC(NC(N)=O)c3ccccc3C)CC2)c(F)c1. The first-order valence-electron chi connectivity index (χ1n) is 10.2. The molecule has 31 heavy (non-hydrogen) atoms. The molecule has 0 aromatic heterocycles. The summed E-state index contributed by atoms with van der Waals surface area (Å²) in [4.78, 5) is 39.4. The zero-order valence-electron chi connectivity index (χ0n) is 17.7. The Morgan fingerprint density at radius 1 is 1.10 bits per heavy atom. The van der Waals surface area contributed by atoms with Crippen molar-refractivity contribution in [2.75, 3.05) is 31.1 Å². The summed E-state index contributed by atoms with van der Waals surface area (Å²) in [6.07, 6.45) is 0.0927. The van der Waals surface area contributed by atoms with Crippen LogP contribution >= 0.6 is 0 Å². The normalized spacial score (nSPS) is 14.8.